The number of likely N-dealkylation sites (N-methyl/N-ethyl adjacent to an activating group) is 1. The van der Waals surface area contributed by atoms with Gasteiger partial charge in [0.05, 0.1) is 19.1 Å². The highest BCUT2D eigenvalue weighted by molar-refractivity contribution is 5.79. The summed E-state index contributed by atoms with van der Waals surface area (Å²) in [5.41, 5.74) is 1.42. The third-order valence-corrected chi connectivity index (χ3v) is 3.99. The number of amides is 1. The van der Waals surface area contributed by atoms with Gasteiger partial charge in [-0.15, -0.1) is 0 Å². The lowest BCUT2D eigenvalue weighted by molar-refractivity contribution is -0.131. The molecule has 1 atom stereocenters. The molecule has 0 N–H and O–H groups in total. The zero-order chi connectivity index (χ0) is 17.7. The van der Waals surface area contributed by atoms with E-state index in [9.17, 15) is 13.6 Å². The van der Waals surface area contributed by atoms with Crippen molar-refractivity contribution in [1.82, 2.24) is 4.90 Å². The van der Waals surface area contributed by atoms with Crippen molar-refractivity contribution in [3.63, 3.8) is 0 Å². The van der Waals surface area contributed by atoms with E-state index in [2.05, 4.69) is 0 Å². The Bertz CT molecular complexity index is 701. The molecule has 5 heteroatoms. The highest BCUT2D eigenvalue weighted by atomic mass is 19.2. The molecule has 128 valence electrons. The van der Waals surface area contributed by atoms with Crippen molar-refractivity contribution in [2.75, 3.05) is 13.7 Å². The molecule has 2 rings (SSSR count). The summed E-state index contributed by atoms with van der Waals surface area (Å²) < 4.78 is 31.8. The van der Waals surface area contributed by atoms with Crippen LogP contribution in [0.5, 0.6) is 5.75 Å². The van der Waals surface area contributed by atoms with Gasteiger partial charge in [-0.2, -0.15) is 0 Å². The molecule has 1 amide bonds. The fourth-order valence-corrected chi connectivity index (χ4v) is 2.38. The summed E-state index contributed by atoms with van der Waals surface area (Å²) in [5.74, 6) is -1.14. The summed E-state index contributed by atoms with van der Waals surface area (Å²) in [7, 11) is 1.66. The van der Waals surface area contributed by atoms with E-state index >= 15 is 0 Å². The Morgan fingerprint density at radius 3 is 2.38 bits per heavy atom. The summed E-state index contributed by atoms with van der Waals surface area (Å²) in [6.07, 6.45) is 0.233. The van der Waals surface area contributed by atoms with Crippen LogP contribution in [0.1, 0.15) is 31.0 Å². The van der Waals surface area contributed by atoms with Crippen molar-refractivity contribution < 1.29 is 18.3 Å². The normalized spacial score (nSPS) is 11.9. The zero-order valence-corrected chi connectivity index (χ0v) is 14.1. The average molecular weight is 333 g/mol. The van der Waals surface area contributed by atoms with E-state index in [1.165, 1.54) is 11.0 Å². The quantitative estimate of drug-likeness (QED) is 0.796. The van der Waals surface area contributed by atoms with Gasteiger partial charge in [0.15, 0.2) is 11.6 Å². The molecule has 0 aliphatic rings. The number of carbonyl (C=O) groups is 1. The molecule has 0 heterocycles. The van der Waals surface area contributed by atoms with Gasteiger partial charge >= 0.3 is 0 Å². The molecule has 0 saturated carbocycles. The predicted molar refractivity (Wildman–Crippen MR) is 88.9 cm³/mol. The number of carbonyl (C=O) groups excluding carboxylic acids is 1. The van der Waals surface area contributed by atoms with Crippen molar-refractivity contribution in [2.24, 2.45) is 0 Å². The second-order valence-electron chi connectivity index (χ2n) is 5.61. The molecule has 1 unspecified atom stereocenters. The van der Waals surface area contributed by atoms with Crippen molar-refractivity contribution in [3.05, 3.63) is 65.2 Å². The third-order valence-electron chi connectivity index (χ3n) is 3.99. The van der Waals surface area contributed by atoms with Crippen LogP contribution in [0.25, 0.3) is 0 Å². The minimum atomic E-state index is -0.910. The van der Waals surface area contributed by atoms with Crippen LogP contribution < -0.4 is 4.74 Å². The van der Waals surface area contributed by atoms with Crippen LogP contribution in [-0.2, 0) is 11.2 Å². The summed E-state index contributed by atoms with van der Waals surface area (Å²) in [6.45, 7) is 4.28. The van der Waals surface area contributed by atoms with E-state index in [1.54, 1.807) is 14.0 Å². The van der Waals surface area contributed by atoms with Crippen LogP contribution in [0.15, 0.2) is 42.5 Å². The minimum Gasteiger partial charge on any atom is -0.494 e. The van der Waals surface area contributed by atoms with Crippen LogP contribution in [0.4, 0.5) is 8.78 Å². The van der Waals surface area contributed by atoms with Crippen molar-refractivity contribution in [3.8, 4) is 5.75 Å². The molecule has 0 fully saturated rings. The Balaban J connectivity index is 2.03. The maximum Gasteiger partial charge on any atom is 0.227 e. The fraction of sp³-hybridized carbons (Fsp3) is 0.316. The molecule has 0 aliphatic carbocycles. The molecule has 24 heavy (non-hydrogen) atoms. The third kappa shape index (κ3) is 4.31. The van der Waals surface area contributed by atoms with Crippen LogP contribution in [0.2, 0.25) is 0 Å². The lowest BCUT2D eigenvalue weighted by Crippen LogP contribution is -2.31. The van der Waals surface area contributed by atoms with Crippen LogP contribution in [0, 0.1) is 11.6 Å². The van der Waals surface area contributed by atoms with Gasteiger partial charge in [-0.1, -0.05) is 18.2 Å². The highest BCUT2D eigenvalue weighted by Crippen LogP contribution is 2.22. The molecule has 2 aromatic carbocycles. The average Bonchev–Trinajstić information content (AvgIpc) is 2.58. The second kappa shape index (κ2) is 7.90. The van der Waals surface area contributed by atoms with E-state index in [0.717, 1.165) is 23.4 Å². The maximum atomic E-state index is 13.4. The highest BCUT2D eigenvalue weighted by Gasteiger charge is 2.19. The second-order valence-corrected chi connectivity index (χ2v) is 5.61. The first-order chi connectivity index (χ1) is 11.4. The van der Waals surface area contributed by atoms with E-state index in [4.69, 9.17) is 4.74 Å². The number of hydrogen-bond donors (Lipinski definition) is 0. The molecular formula is C19H21F2NO2. The van der Waals surface area contributed by atoms with E-state index in [1.807, 2.05) is 31.2 Å². The van der Waals surface area contributed by atoms with Crippen molar-refractivity contribution in [2.45, 2.75) is 26.3 Å². The van der Waals surface area contributed by atoms with Gasteiger partial charge in [-0.05, 0) is 49.2 Å². The molecular weight excluding hydrogens is 312 g/mol. The van der Waals surface area contributed by atoms with Crippen LogP contribution in [0.3, 0.4) is 0 Å². The summed E-state index contributed by atoms with van der Waals surface area (Å²) in [4.78, 5) is 13.9. The van der Waals surface area contributed by atoms with E-state index < -0.39 is 11.6 Å². The minimum absolute atomic E-state index is 0.101. The van der Waals surface area contributed by atoms with Crippen molar-refractivity contribution in [1.29, 1.82) is 0 Å². The summed E-state index contributed by atoms with van der Waals surface area (Å²) in [5, 5.41) is 0. The Kier molecular flexibility index (Phi) is 5.90. The zero-order valence-electron chi connectivity index (χ0n) is 14.1. The lowest BCUT2D eigenvalue weighted by Gasteiger charge is -2.25. The summed E-state index contributed by atoms with van der Waals surface area (Å²) >= 11 is 0. The topological polar surface area (TPSA) is 29.5 Å². The molecule has 0 radical (unpaired) electrons. The molecule has 3 nitrogen and oxygen atoms in total. The first kappa shape index (κ1) is 17.9. The van der Waals surface area contributed by atoms with Crippen molar-refractivity contribution >= 4 is 5.91 Å². The predicted octanol–water partition coefficient (Wildman–Crippen LogP) is 4.13. The number of hydrogen-bond acceptors (Lipinski definition) is 2. The number of nitrogens with zero attached hydrogens (tertiary/aromatic N) is 1. The largest absolute Gasteiger partial charge is 0.494 e. The Hall–Kier alpha value is -2.43. The first-order valence-electron chi connectivity index (χ1n) is 7.84. The van der Waals surface area contributed by atoms with E-state index in [-0.39, 0.29) is 18.4 Å². The smallest absolute Gasteiger partial charge is 0.227 e. The molecule has 0 spiro atoms. The van der Waals surface area contributed by atoms with Crippen LogP contribution in [-0.4, -0.2) is 24.5 Å². The monoisotopic (exact) mass is 333 g/mol. The van der Waals surface area contributed by atoms with Gasteiger partial charge in [0.25, 0.3) is 0 Å². The van der Waals surface area contributed by atoms with Gasteiger partial charge in [0.2, 0.25) is 5.91 Å². The molecule has 2 aromatic rings. The Morgan fingerprint density at radius 1 is 1.12 bits per heavy atom. The number of benzene rings is 2. The number of ether oxygens (including phenoxy) is 1. The first-order valence-corrected chi connectivity index (χ1v) is 7.84. The molecule has 0 saturated heterocycles. The number of rotatable bonds is 6. The molecule has 0 aromatic heterocycles. The van der Waals surface area contributed by atoms with Gasteiger partial charge in [-0.25, -0.2) is 8.78 Å². The number of halogens is 2. The van der Waals surface area contributed by atoms with Crippen LogP contribution >= 0.6 is 0 Å². The van der Waals surface area contributed by atoms with Gasteiger partial charge < -0.3 is 9.64 Å². The Labute approximate surface area is 140 Å². The molecule has 0 aliphatic heterocycles. The Morgan fingerprint density at radius 2 is 1.79 bits per heavy atom. The van der Waals surface area contributed by atoms with Gasteiger partial charge in [0.1, 0.15) is 5.75 Å². The van der Waals surface area contributed by atoms with E-state index in [0.29, 0.717) is 12.2 Å². The lowest BCUT2D eigenvalue weighted by atomic mass is 10.1. The maximum absolute atomic E-state index is 13.4. The van der Waals surface area contributed by atoms with Gasteiger partial charge in [-0.3, -0.25) is 4.79 Å². The summed E-state index contributed by atoms with van der Waals surface area (Å²) in [6, 6.07) is 10.7. The fourth-order valence-electron chi connectivity index (χ4n) is 2.38. The SMILES string of the molecule is CCOc1ccc(CC(=O)N(C)C(C)c2ccc(F)c(F)c2)cc1. The standard InChI is InChI=1S/C19H21F2NO2/c1-4-24-16-8-5-14(6-9-16)11-19(23)22(3)13(2)15-7-10-17(20)18(21)12-15/h5-10,12-13H,4,11H2,1-3H3. The molecule has 0 bridgehead atoms. The van der Waals surface area contributed by atoms with Gasteiger partial charge in [0, 0.05) is 7.05 Å².